The standard InChI is InChI=1S/C30H44NO4P.C26H35O5P/c1-4-7-21-31-29(32)30(27-18-12-10-16-25(27)26-17-11-13-19-28(26)30)20-14-15-24-36(33,34-22-8-5-2)35-23-9-6-3;1-3-5-18-30-32(29,31-19-6-4-2)20-12-11-17-26(25(27)28)23-15-9-7-13-21(23)22-14-8-10-16-24(22)26/h10-13,16-19H,4-9,14-15,20-24H2,1-3H3,(H,31,32);7-10,13-16H,3-6,11-12,17-20H2,1-2H3,(H,27,28). The van der Waals surface area contributed by atoms with Crippen molar-refractivity contribution in [2.24, 2.45) is 0 Å². The molecule has 68 heavy (non-hydrogen) atoms. The van der Waals surface area contributed by atoms with Gasteiger partial charge in [0, 0.05) is 6.54 Å². The number of fused-ring (bicyclic) bond motifs is 6. The molecule has 0 radical (unpaired) electrons. The molecule has 12 heteroatoms. The third-order valence-electron chi connectivity index (χ3n) is 13.3. The van der Waals surface area contributed by atoms with Crippen LogP contribution < -0.4 is 5.32 Å². The number of amides is 1. The molecule has 2 N–H and O–H groups in total. The summed E-state index contributed by atoms with van der Waals surface area (Å²) in [5, 5.41) is 13.6. The number of hydrogen-bond acceptors (Lipinski definition) is 8. The molecule has 0 atom stereocenters. The molecule has 0 bridgehead atoms. The molecule has 4 aromatic carbocycles. The molecule has 0 heterocycles. The van der Waals surface area contributed by atoms with Crippen LogP contribution in [0.2, 0.25) is 0 Å². The van der Waals surface area contributed by atoms with Crippen molar-refractivity contribution in [3.8, 4) is 22.3 Å². The Morgan fingerprint density at radius 2 is 0.765 bits per heavy atom. The van der Waals surface area contributed by atoms with Crippen molar-refractivity contribution in [2.75, 3.05) is 45.3 Å². The van der Waals surface area contributed by atoms with Gasteiger partial charge in [-0.25, -0.2) is 0 Å². The number of carboxylic acids is 1. The maximum absolute atomic E-state index is 13.9. The van der Waals surface area contributed by atoms with E-state index in [2.05, 4.69) is 64.2 Å². The quantitative estimate of drug-likeness (QED) is 0.0373. The SMILES string of the molecule is CCCCNC(=O)C1(CCCCP(=O)(OCCCC)OCCCC)c2ccccc2-c2ccccc21.CCCCOP(=O)(CCCCC1(C(=O)O)c2ccccc2-c2ccccc21)OCCCC. The summed E-state index contributed by atoms with van der Waals surface area (Å²) in [5.41, 5.74) is 6.25. The van der Waals surface area contributed by atoms with E-state index in [4.69, 9.17) is 18.1 Å². The fraction of sp³-hybridized carbons (Fsp3) is 0.536. The number of carbonyl (C=O) groups is 2. The molecular formula is C56H79NO9P2. The first-order chi connectivity index (χ1) is 33.0. The number of unbranched alkanes of at least 4 members (excludes halogenated alkanes) is 7. The third-order valence-corrected chi connectivity index (χ3v) is 17.3. The van der Waals surface area contributed by atoms with Gasteiger partial charge in [-0.05, 0) is 102 Å². The molecule has 0 saturated heterocycles. The van der Waals surface area contributed by atoms with Crippen molar-refractivity contribution in [1.29, 1.82) is 0 Å². The topological polar surface area (TPSA) is 137 Å². The first-order valence-electron chi connectivity index (χ1n) is 25.7. The van der Waals surface area contributed by atoms with Gasteiger partial charge in [0.15, 0.2) is 0 Å². The normalized spacial score (nSPS) is 14.0. The predicted octanol–water partition coefficient (Wildman–Crippen LogP) is 14.9. The highest BCUT2D eigenvalue weighted by atomic mass is 31.2. The van der Waals surface area contributed by atoms with Gasteiger partial charge in [0.1, 0.15) is 10.8 Å². The van der Waals surface area contributed by atoms with Crippen LogP contribution in [0, 0.1) is 0 Å². The van der Waals surface area contributed by atoms with E-state index in [1.54, 1.807) is 0 Å². The summed E-state index contributed by atoms with van der Waals surface area (Å²) >= 11 is 0. The van der Waals surface area contributed by atoms with Gasteiger partial charge in [-0.3, -0.25) is 18.7 Å². The Bertz CT molecular complexity index is 2180. The Morgan fingerprint density at radius 1 is 0.456 bits per heavy atom. The maximum Gasteiger partial charge on any atom is 0.330 e. The first-order valence-corrected chi connectivity index (χ1v) is 29.1. The molecular weight excluding hydrogens is 893 g/mol. The summed E-state index contributed by atoms with van der Waals surface area (Å²) in [4.78, 5) is 26.6. The summed E-state index contributed by atoms with van der Waals surface area (Å²) in [6.45, 7) is 12.9. The molecule has 0 aromatic heterocycles. The van der Waals surface area contributed by atoms with Crippen molar-refractivity contribution >= 4 is 27.1 Å². The van der Waals surface area contributed by atoms with Crippen LogP contribution in [0.1, 0.15) is 160 Å². The van der Waals surface area contributed by atoms with Crippen LogP contribution in [0.15, 0.2) is 97.1 Å². The van der Waals surface area contributed by atoms with Crippen molar-refractivity contribution in [2.45, 2.75) is 148 Å². The summed E-state index contributed by atoms with van der Waals surface area (Å²) in [7, 11) is -6.31. The number of benzene rings is 4. The van der Waals surface area contributed by atoms with Gasteiger partial charge in [-0.15, -0.1) is 0 Å². The Morgan fingerprint density at radius 3 is 1.09 bits per heavy atom. The first kappa shape index (κ1) is 55.1. The summed E-state index contributed by atoms with van der Waals surface area (Å²) in [6.07, 6.45) is 13.8. The van der Waals surface area contributed by atoms with E-state index in [0.717, 1.165) is 115 Å². The van der Waals surface area contributed by atoms with E-state index in [-0.39, 0.29) is 5.91 Å². The van der Waals surface area contributed by atoms with Crippen LogP contribution in [0.4, 0.5) is 0 Å². The molecule has 0 aliphatic heterocycles. The average molecular weight is 972 g/mol. The van der Waals surface area contributed by atoms with E-state index >= 15 is 0 Å². The highest BCUT2D eigenvalue weighted by Gasteiger charge is 2.50. The van der Waals surface area contributed by atoms with E-state index in [0.29, 0.717) is 77.4 Å². The molecule has 6 rings (SSSR count). The van der Waals surface area contributed by atoms with Crippen LogP contribution in [0.25, 0.3) is 22.3 Å². The molecule has 0 unspecified atom stereocenters. The van der Waals surface area contributed by atoms with Crippen molar-refractivity contribution in [3.05, 3.63) is 119 Å². The summed E-state index contributed by atoms with van der Waals surface area (Å²) in [6, 6.07) is 32.1. The molecule has 4 aromatic rings. The van der Waals surface area contributed by atoms with Gasteiger partial charge < -0.3 is 28.5 Å². The fourth-order valence-corrected chi connectivity index (χ4v) is 13.0. The Labute approximate surface area is 407 Å². The summed E-state index contributed by atoms with van der Waals surface area (Å²) < 4.78 is 49.6. The molecule has 372 valence electrons. The highest BCUT2D eigenvalue weighted by molar-refractivity contribution is 7.54. The number of hydrogen-bond donors (Lipinski definition) is 2. The Hall–Kier alpha value is -3.88. The minimum absolute atomic E-state index is 0.0647. The monoisotopic (exact) mass is 972 g/mol. The largest absolute Gasteiger partial charge is 0.480 e. The van der Waals surface area contributed by atoms with Gasteiger partial charge in [0.05, 0.1) is 38.8 Å². The Kier molecular flexibility index (Phi) is 22.3. The minimum Gasteiger partial charge on any atom is -0.480 e. The second kappa shape index (κ2) is 27.5. The molecule has 2 aliphatic rings. The van der Waals surface area contributed by atoms with Crippen LogP contribution in [-0.4, -0.2) is 62.3 Å². The maximum atomic E-state index is 13.9. The van der Waals surface area contributed by atoms with Crippen molar-refractivity contribution < 1.29 is 41.9 Å². The Balaban J connectivity index is 0.000000256. The number of carbonyl (C=O) groups excluding carboxylic acids is 1. The van der Waals surface area contributed by atoms with Gasteiger partial charge in [0.25, 0.3) is 0 Å². The predicted molar refractivity (Wildman–Crippen MR) is 277 cm³/mol. The van der Waals surface area contributed by atoms with Gasteiger partial charge in [-0.1, -0.05) is 177 Å². The summed E-state index contributed by atoms with van der Waals surface area (Å²) in [5.74, 6) is -0.772. The van der Waals surface area contributed by atoms with Crippen LogP contribution in [-0.2, 0) is 47.6 Å². The molecule has 0 fully saturated rings. The minimum atomic E-state index is -3.17. The second-order valence-electron chi connectivity index (χ2n) is 18.2. The van der Waals surface area contributed by atoms with Crippen LogP contribution in [0.5, 0.6) is 0 Å². The molecule has 0 spiro atoms. The lowest BCUT2D eigenvalue weighted by atomic mass is 9.73. The smallest absolute Gasteiger partial charge is 0.330 e. The molecule has 0 saturated carbocycles. The fourth-order valence-electron chi connectivity index (χ4n) is 9.53. The van der Waals surface area contributed by atoms with Crippen LogP contribution >= 0.6 is 15.2 Å². The number of carboxylic acid groups (broad SMARTS) is 1. The number of aliphatic carboxylic acids is 1. The highest BCUT2D eigenvalue weighted by Crippen LogP contribution is 2.55. The van der Waals surface area contributed by atoms with Gasteiger partial charge >= 0.3 is 21.2 Å². The lowest BCUT2D eigenvalue weighted by Gasteiger charge is -2.31. The van der Waals surface area contributed by atoms with Crippen LogP contribution in [0.3, 0.4) is 0 Å². The lowest BCUT2D eigenvalue weighted by molar-refractivity contribution is -0.142. The zero-order valence-corrected chi connectivity index (χ0v) is 43.4. The van der Waals surface area contributed by atoms with E-state index in [1.165, 1.54) is 0 Å². The second-order valence-corrected chi connectivity index (χ2v) is 22.6. The molecule has 10 nitrogen and oxygen atoms in total. The molecule has 1 amide bonds. The van der Waals surface area contributed by atoms with Crippen molar-refractivity contribution in [1.82, 2.24) is 5.32 Å². The van der Waals surface area contributed by atoms with Gasteiger partial charge in [-0.2, -0.15) is 0 Å². The molecule has 2 aliphatic carbocycles. The number of rotatable bonds is 31. The zero-order valence-electron chi connectivity index (χ0n) is 41.6. The van der Waals surface area contributed by atoms with Gasteiger partial charge in [0.2, 0.25) is 5.91 Å². The van der Waals surface area contributed by atoms with E-state index in [1.807, 2.05) is 72.8 Å². The van der Waals surface area contributed by atoms with E-state index in [9.17, 15) is 23.8 Å². The zero-order chi connectivity index (χ0) is 48.9. The number of nitrogens with one attached hydrogen (secondary N) is 1. The average Bonchev–Trinajstić information content (AvgIpc) is 3.81. The third kappa shape index (κ3) is 13.5. The van der Waals surface area contributed by atoms with Crippen molar-refractivity contribution in [3.63, 3.8) is 0 Å². The van der Waals surface area contributed by atoms with E-state index < -0.39 is 32.0 Å². The lowest BCUT2D eigenvalue weighted by Crippen LogP contribution is -2.44.